The van der Waals surface area contributed by atoms with Crippen LogP contribution in [0.25, 0.3) is 0 Å². The zero-order chi connectivity index (χ0) is 21.2. The van der Waals surface area contributed by atoms with Crippen LogP contribution in [0.5, 0.6) is 5.75 Å². The van der Waals surface area contributed by atoms with Crippen molar-refractivity contribution >= 4 is 5.91 Å². The lowest BCUT2D eigenvalue weighted by Crippen LogP contribution is -2.53. The molecule has 3 rings (SSSR count). The van der Waals surface area contributed by atoms with Gasteiger partial charge in [-0.25, -0.2) is 0 Å². The van der Waals surface area contributed by atoms with Crippen molar-refractivity contribution in [1.29, 1.82) is 0 Å². The minimum Gasteiger partial charge on any atom is -0.508 e. The van der Waals surface area contributed by atoms with E-state index in [0.29, 0.717) is 12.0 Å². The lowest BCUT2D eigenvalue weighted by Gasteiger charge is -2.47. The molecule has 4 N–H and O–H groups in total. The normalized spacial score (nSPS) is 23.8. The molecule has 6 heteroatoms. The Kier molecular flexibility index (Phi) is 6.27. The number of aliphatic hydroxyl groups is 1. The summed E-state index contributed by atoms with van der Waals surface area (Å²) in [6.07, 6.45) is 0.566. The second kappa shape index (κ2) is 8.53. The number of hydrogen-bond acceptors (Lipinski definition) is 5. The van der Waals surface area contributed by atoms with Crippen molar-refractivity contribution in [2.24, 2.45) is 11.7 Å². The van der Waals surface area contributed by atoms with Crippen LogP contribution in [0.2, 0.25) is 0 Å². The van der Waals surface area contributed by atoms with E-state index in [0.717, 1.165) is 30.8 Å². The van der Waals surface area contributed by atoms with Gasteiger partial charge in [-0.15, -0.1) is 0 Å². The van der Waals surface area contributed by atoms with E-state index in [1.54, 1.807) is 30.3 Å². The first-order chi connectivity index (χ1) is 13.7. The average Bonchev–Trinajstić information content (AvgIpc) is 2.69. The molecule has 1 aliphatic rings. The van der Waals surface area contributed by atoms with Gasteiger partial charge in [-0.2, -0.15) is 0 Å². The maximum atomic E-state index is 11.7. The van der Waals surface area contributed by atoms with E-state index in [9.17, 15) is 15.0 Å². The van der Waals surface area contributed by atoms with Gasteiger partial charge in [-0.3, -0.25) is 9.69 Å². The highest BCUT2D eigenvalue weighted by atomic mass is 16.3. The van der Waals surface area contributed by atoms with E-state index in [1.807, 2.05) is 32.3 Å². The molecule has 2 aromatic rings. The molecule has 0 bridgehead atoms. The Morgan fingerprint density at radius 1 is 1.28 bits per heavy atom. The third-order valence-electron chi connectivity index (χ3n) is 6.07. The lowest BCUT2D eigenvalue weighted by molar-refractivity contribution is -0.0916. The van der Waals surface area contributed by atoms with Crippen LogP contribution in [0.4, 0.5) is 0 Å². The Labute approximate surface area is 172 Å². The Hall–Kier alpha value is -2.41. The first-order valence-corrected chi connectivity index (χ1v) is 10.0. The van der Waals surface area contributed by atoms with E-state index in [2.05, 4.69) is 16.7 Å². The molecule has 1 amide bonds. The summed E-state index contributed by atoms with van der Waals surface area (Å²) in [7, 11) is 4.01. The number of benzene rings is 2. The topological polar surface area (TPSA) is 90.0 Å². The third-order valence-corrected chi connectivity index (χ3v) is 6.07. The minimum absolute atomic E-state index is 0.0334. The number of piperidine rings is 1. The fourth-order valence-electron chi connectivity index (χ4n) is 4.33. The van der Waals surface area contributed by atoms with Gasteiger partial charge >= 0.3 is 0 Å². The summed E-state index contributed by atoms with van der Waals surface area (Å²) >= 11 is 0. The predicted octanol–water partition coefficient (Wildman–Crippen LogP) is 2.32. The van der Waals surface area contributed by atoms with Gasteiger partial charge in [0.05, 0.1) is 5.60 Å². The van der Waals surface area contributed by atoms with Crippen molar-refractivity contribution in [2.45, 2.75) is 25.0 Å². The number of nitrogens with zero attached hydrogens (tertiary/aromatic N) is 2. The second-order valence-corrected chi connectivity index (χ2v) is 8.34. The fraction of sp³-hybridized carbons (Fsp3) is 0.435. The van der Waals surface area contributed by atoms with E-state index < -0.39 is 11.5 Å². The summed E-state index contributed by atoms with van der Waals surface area (Å²) in [6.45, 7) is 4.31. The van der Waals surface area contributed by atoms with E-state index in [4.69, 9.17) is 5.73 Å². The van der Waals surface area contributed by atoms with Crippen molar-refractivity contribution in [3.8, 4) is 5.75 Å². The molecule has 6 nitrogen and oxygen atoms in total. The molecular weight excluding hydrogens is 366 g/mol. The molecule has 0 aliphatic carbocycles. The second-order valence-electron chi connectivity index (χ2n) is 8.34. The summed E-state index contributed by atoms with van der Waals surface area (Å²) in [5, 5.41) is 21.3. The summed E-state index contributed by atoms with van der Waals surface area (Å²) in [5.41, 5.74) is 6.72. The maximum Gasteiger partial charge on any atom is 0.248 e. The molecule has 156 valence electrons. The highest BCUT2D eigenvalue weighted by molar-refractivity contribution is 5.92. The molecule has 0 aromatic heterocycles. The number of aromatic hydroxyl groups is 1. The van der Waals surface area contributed by atoms with Crippen LogP contribution in [0.3, 0.4) is 0 Å². The van der Waals surface area contributed by atoms with Gasteiger partial charge in [-0.1, -0.05) is 24.3 Å². The number of primary amides is 1. The van der Waals surface area contributed by atoms with E-state index in [1.165, 1.54) is 0 Å². The number of phenolic OH excluding ortho intramolecular Hbond substituents is 1. The predicted molar refractivity (Wildman–Crippen MR) is 114 cm³/mol. The highest BCUT2D eigenvalue weighted by Crippen LogP contribution is 2.40. The van der Waals surface area contributed by atoms with Gasteiger partial charge < -0.3 is 20.8 Å². The van der Waals surface area contributed by atoms with Gasteiger partial charge in [0.15, 0.2) is 0 Å². The third kappa shape index (κ3) is 4.61. The van der Waals surface area contributed by atoms with Crippen LogP contribution >= 0.6 is 0 Å². The largest absolute Gasteiger partial charge is 0.508 e. The molecule has 2 aromatic carbocycles. The van der Waals surface area contributed by atoms with Crippen LogP contribution in [-0.2, 0) is 5.60 Å². The molecule has 0 spiro atoms. The quantitative estimate of drug-likeness (QED) is 0.696. The van der Waals surface area contributed by atoms with E-state index in [-0.39, 0.29) is 17.7 Å². The lowest BCUT2D eigenvalue weighted by atomic mass is 9.74. The smallest absolute Gasteiger partial charge is 0.248 e. The summed E-state index contributed by atoms with van der Waals surface area (Å²) in [5.74, 6) is -0.263. The zero-order valence-electron chi connectivity index (χ0n) is 17.4. The number of carbonyl (C=O) groups is 1. The fourth-order valence-corrected chi connectivity index (χ4v) is 4.33. The van der Waals surface area contributed by atoms with Gasteiger partial charge in [-0.05, 0) is 62.8 Å². The zero-order valence-corrected chi connectivity index (χ0v) is 17.4. The highest BCUT2D eigenvalue weighted by Gasteiger charge is 2.44. The molecule has 1 fully saturated rings. The minimum atomic E-state index is -1.03. The first kappa shape index (κ1) is 21.3. The van der Waals surface area contributed by atoms with Crippen molar-refractivity contribution in [2.75, 3.05) is 33.7 Å². The van der Waals surface area contributed by atoms with Crippen LogP contribution < -0.4 is 5.73 Å². The molecular formula is C23H31N3O3. The van der Waals surface area contributed by atoms with Crippen LogP contribution in [0, 0.1) is 5.92 Å². The average molecular weight is 398 g/mol. The number of rotatable bonds is 6. The van der Waals surface area contributed by atoms with Crippen molar-refractivity contribution < 1.29 is 15.0 Å². The van der Waals surface area contributed by atoms with Crippen LogP contribution in [-0.4, -0.2) is 59.6 Å². The number of phenols is 1. The van der Waals surface area contributed by atoms with Crippen LogP contribution in [0.15, 0.2) is 48.5 Å². The number of likely N-dealkylation sites (tertiary alicyclic amines) is 1. The Morgan fingerprint density at radius 2 is 1.97 bits per heavy atom. The summed E-state index contributed by atoms with van der Waals surface area (Å²) < 4.78 is 0. The standard InChI is InChI=1S/C23H31N3O3/c1-16(17-7-9-21(27)10-8-17)26-12-11-23(29,20(15-26)14-25(2)3)19-6-4-5-18(13-19)22(24)28/h4-10,13,16,20,27,29H,11-12,14-15H2,1-3H3,(H2,24,28). The summed E-state index contributed by atoms with van der Waals surface area (Å²) in [4.78, 5) is 16.1. The number of carbonyl (C=O) groups excluding carboxylic acids is 1. The van der Waals surface area contributed by atoms with Gasteiger partial charge in [0.1, 0.15) is 5.75 Å². The molecule has 1 heterocycles. The SMILES string of the molecule is CC(c1ccc(O)cc1)N1CCC(O)(c2cccc(C(N)=O)c2)C(CN(C)C)C1. The van der Waals surface area contributed by atoms with Gasteiger partial charge in [0.25, 0.3) is 0 Å². The van der Waals surface area contributed by atoms with Gasteiger partial charge in [0, 0.05) is 37.2 Å². The summed E-state index contributed by atoms with van der Waals surface area (Å²) in [6, 6.07) is 14.5. The van der Waals surface area contributed by atoms with Crippen molar-refractivity contribution in [1.82, 2.24) is 9.80 Å². The number of amides is 1. The molecule has 0 radical (unpaired) electrons. The van der Waals surface area contributed by atoms with E-state index >= 15 is 0 Å². The maximum absolute atomic E-state index is 11.7. The molecule has 0 saturated carbocycles. The van der Waals surface area contributed by atoms with Crippen molar-refractivity contribution in [3.63, 3.8) is 0 Å². The molecule has 1 saturated heterocycles. The van der Waals surface area contributed by atoms with Gasteiger partial charge in [0.2, 0.25) is 5.91 Å². The first-order valence-electron chi connectivity index (χ1n) is 10.0. The molecule has 1 aliphatic heterocycles. The van der Waals surface area contributed by atoms with Crippen molar-refractivity contribution in [3.05, 3.63) is 65.2 Å². The molecule has 29 heavy (non-hydrogen) atoms. The molecule has 3 unspecified atom stereocenters. The van der Waals surface area contributed by atoms with Crippen LogP contribution in [0.1, 0.15) is 40.9 Å². The Bertz CT molecular complexity index is 853. The Morgan fingerprint density at radius 3 is 2.59 bits per heavy atom. The molecule has 3 atom stereocenters. The number of hydrogen-bond donors (Lipinski definition) is 3. The Balaban J connectivity index is 1.88. The number of nitrogens with two attached hydrogens (primary N) is 1. The monoisotopic (exact) mass is 397 g/mol.